The predicted molar refractivity (Wildman–Crippen MR) is 80.9 cm³/mol. The highest BCUT2D eigenvalue weighted by molar-refractivity contribution is 7.89. The maximum absolute atomic E-state index is 12.3. The molecular formula is C12H20N2O4S2. The van der Waals surface area contributed by atoms with Crippen molar-refractivity contribution < 1.29 is 17.4 Å². The maximum atomic E-state index is 12.3. The van der Waals surface area contributed by atoms with E-state index in [0.29, 0.717) is 5.69 Å². The van der Waals surface area contributed by atoms with Crippen LogP contribution in [0.1, 0.15) is 12.5 Å². The SMILES string of the molecule is COc1cc(C)c(N)cc1S(=O)(=O)NCC(C)S(C)=O. The second-order valence-electron chi connectivity index (χ2n) is 4.52. The van der Waals surface area contributed by atoms with Crippen LogP contribution in [-0.4, -0.2) is 37.8 Å². The monoisotopic (exact) mass is 320 g/mol. The number of ether oxygens (including phenoxy) is 1. The van der Waals surface area contributed by atoms with Crippen molar-refractivity contribution >= 4 is 26.5 Å². The molecule has 0 radical (unpaired) electrons. The predicted octanol–water partition coefficient (Wildman–Crippen LogP) is 0.631. The largest absolute Gasteiger partial charge is 0.495 e. The molecule has 0 aliphatic heterocycles. The van der Waals surface area contributed by atoms with E-state index in [0.717, 1.165) is 5.56 Å². The molecule has 1 rings (SSSR count). The van der Waals surface area contributed by atoms with Gasteiger partial charge in [-0.2, -0.15) is 0 Å². The molecule has 8 heteroatoms. The third-order valence-electron chi connectivity index (χ3n) is 2.97. The first-order chi connectivity index (χ1) is 9.19. The van der Waals surface area contributed by atoms with E-state index in [2.05, 4.69) is 4.72 Å². The Hall–Kier alpha value is -1.12. The zero-order valence-electron chi connectivity index (χ0n) is 12.0. The van der Waals surface area contributed by atoms with Gasteiger partial charge in [0.25, 0.3) is 0 Å². The first kappa shape index (κ1) is 16.9. The van der Waals surface area contributed by atoms with Crippen LogP contribution in [-0.2, 0) is 20.8 Å². The summed E-state index contributed by atoms with van der Waals surface area (Å²) in [5.41, 5.74) is 6.86. The Labute approximate surface area is 122 Å². The fourth-order valence-electron chi connectivity index (χ4n) is 1.47. The Bertz CT molecular complexity index is 614. The molecule has 0 heterocycles. The zero-order chi connectivity index (χ0) is 15.5. The van der Waals surface area contributed by atoms with Crippen molar-refractivity contribution in [2.24, 2.45) is 0 Å². The van der Waals surface area contributed by atoms with E-state index in [4.69, 9.17) is 10.5 Å². The average molecular weight is 320 g/mol. The lowest BCUT2D eigenvalue weighted by atomic mass is 10.2. The second-order valence-corrected chi connectivity index (χ2v) is 8.06. The standard InChI is InChI=1S/C12H20N2O4S2/c1-8-5-11(18-3)12(6-10(8)13)20(16,17)14-7-9(2)19(4)15/h5-6,9,14H,7,13H2,1-4H3. The van der Waals surface area contributed by atoms with E-state index in [1.54, 1.807) is 19.9 Å². The van der Waals surface area contributed by atoms with Crippen LogP contribution in [0, 0.1) is 6.92 Å². The number of nitrogens with one attached hydrogen (secondary N) is 1. The first-order valence-corrected chi connectivity index (χ1v) is 9.05. The smallest absolute Gasteiger partial charge is 0.244 e. The maximum Gasteiger partial charge on any atom is 0.244 e. The van der Waals surface area contributed by atoms with E-state index in [9.17, 15) is 12.6 Å². The van der Waals surface area contributed by atoms with Crippen LogP contribution in [0.15, 0.2) is 17.0 Å². The molecule has 0 aromatic heterocycles. The molecule has 6 nitrogen and oxygen atoms in total. The minimum atomic E-state index is -3.76. The molecular weight excluding hydrogens is 300 g/mol. The molecule has 3 N–H and O–H groups in total. The van der Waals surface area contributed by atoms with Gasteiger partial charge >= 0.3 is 0 Å². The molecule has 0 saturated heterocycles. The molecule has 0 amide bonds. The van der Waals surface area contributed by atoms with Gasteiger partial charge in [-0.3, -0.25) is 4.21 Å². The van der Waals surface area contributed by atoms with Crippen molar-refractivity contribution in [3.8, 4) is 5.75 Å². The molecule has 0 aliphatic rings. The number of nitrogens with two attached hydrogens (primary N) is 1. The summed E-state index contributed by atoms with van der Waals surface area (Å²) < 4.78 is 43.3. The highest BCUT2D eigenvalue weighted by atomic mass is 32.2. The Morgan fingerprint density at radius 1 is 1.45 bits per heavy atom. The average Bonchev–Trinajstić information content (AvgIpc) is 2.38. The van der Waals surface area contributed by atoms with Crippen molar-refractivity contribution in [3.63, 3.8) is 0 Å². The van der Waals surface area contributed by atoms with Gasteiger partial charge in [0.05, 0.1) is 7.11 Å². The van der Waals surface area contributed by atoms with Crippen molar-refractivity contribution in [1.29, 1.82) is 0 Å². The normalized spacial score (nSPS) is 14.8. The number of hydrogen-bond donors (Lipinski definition) is 2. The number of rotatable bonds is 6. The summed E-state index contributed by atoms with van der Waals surface area (Å²) in [4.78, 5) is -0.0165. The first-order valence-electron chi connectivity index (χ1n) is 5.95. The second kappa shape index (κ2) is 6.55. The van der Waals surface area contributed by atoms with Crippen molar-refractivity contribution in [3.05, 3.63) is 17.7 Å². The van der Waals surface area contributed by atoms with E-state index in [1.807, 2.05) is 0 Å². The summed E-state index contributed by atoms with van der Waals surface area (Å²) >= 11 is 0. The molecule has 0 saturated carbocycles. The Kier molecular flexibility index (Phi) is 5.55. The molecule has 20 heavy (non-hydrogen) atoms. The van der Waals surface area contributed by atoms with Gasteiger partial charge in [0.15, 0.2) is 0 Å². The quantitative estimate of drug-likeness (QED) is 0.749. The number of nitrogen functional groups attached to an aromatic ring is 1. The van der Waals surface area contributed by atoms with Crippen LogP contribution >= 0.6 is 0 Å². The van der Waals surface area contributed by atoms with Crippen molar-refractivity contribution in [2.45, 2.75) is 24.0 Å². The highest BCUT2D eigenvalue weighted by Crippen LogP contribution is 2.28. The summed E-state index contributed by atoms with van der Waals surface area (Å²) in [7, 11) is -3.46. The van der Waals surface area contributed by atoms with Gasteiger partial charge in [0.1, 0.15) is 10.6 Å². The van der Waals surface area contributed by atoms with Crippen LogP contribution in [0.3, 0.4) is 0 Å². The van der Waals surface area contributed by atoms with Gasteiger partial charge < -0.3 is 10.5 Å². The van der Waals surface area contributed by atoms with Crippen molar-refractivity contribution in [1.82, 2.24) is 4.72 Å². The molecule has 0 spiro atoms. The summed E-state index contributed by atoms with van der Waals surface area (Å²) in [6, 6.07) is 2.94. The summed E-state index contributed by atoms with van der Waals surface area (Å²) in [6.07, 6.45) is 1.53. The molecule has 0 aliphatic carbocycles. The van der Waals surface area contributed by atoms with E-state index >= 15 is 0 Å². The minimum absolute atomic E-state index is 0.0165. The number of hydrogen-bond acceptors (Lipinski definition) is 5. The van der Waals surface area contributed by atoms with E-state index in [-0.39, 0.29) is 22.4 Å². The number of benzene rings is 1. The lowest BCUT2D eigenvalue weighted by Gasteiger charge is -2.14. The fourth-order valence-corrected chi connectivity index (χ4v) is 3.21. The molecule has 114 valence electrons. The number of aryl methyl sites for hydroxylation is 1. The topological polar surface area (TPSA) is 98.5 Å². The van der Waals surface area contributed by atoms with Crippen LogP contribution in [0.4, 0.5) is 5.69 Å². The van der Waals surface area contributed by atoms with E-state index in [1.165, 1.54) is 19.4 Å². The van der Waals surface area contributed by atoms with Crippen LogP contribution in [0.5, 0.6) is 5.75 Å². The van der Waals surface area contributed by atoms with Gasteiger partial charge in [0.2, 0.25) is 10.0 Å². The molecule has 0 bridgehead atoms. The summed E-state index contributed by atoms with van der Waals surface area (Å²) in [6.45, 7) is 3.56. The molecule has 2 atom stereocenters. The van der Waals surface area contributed by atoms with Crippen LogP contribution in [0.25, 0.3) is 0 Å². The molecule has 2 unspecified atom stereocenters. The van der Waals surface area contributed by atoms with Gasteiger partial charge in [0, 0.05) is 34.5 Å². The zero-order valence-corrected chi connectivity index (χ0v) is 13.6. The Morgan fingerprint density at radius 3 is 2.55 bits per heavy atom. The molecule has 1 aromatic rings. The van der Waals surface area contributed by atoms with Crippen LogP contribution < -0.4 is 15.2 Å². The number of sulfonamides is 1. The van der Waals surface area contributed by atoms with Crippen molar-refractivity contribution in [2.75, 3.05) is 25.6 Å². The highest BCUT2D eigenvalue weighted by Gasteiger charge is 2.22. The number of anilines is 1. The van der Waals surface area contributed by atoms with Gasteiger partial charge in [-0.1, -0.05) is 0 Å². The van der Waals surface area contributed by atoms with Gasteiger partial charge in [-0.25, -0.2) is 13.1 Å². The Morgan fingerprint density at radius 2 is 2.05 bits per heavy atom. The van der Waals surface area contributed by atoms with Gasteiger partial charge in [-0.05, 0) is 31.5 Å². The third-order valence-corrected chi connectivity index (χ3v) is 5.71. The lowest BCUT2D eigenvalue weighted by Crippen LogP contribution is -2.32. The van der Waals surface area contributed by atoms with E-state index < -0.39 is 20.8 Å². The lowest BCUT2D eigenvalue weighted by molar-refractivity contribution is 0.402. The molecule has 0 fully saturated rings. The molecule has 1 aromatic carbocycles. The third kappa shape index (κ3) is 3.94. The summed E-state index contributed by atoms with van der Waals surface area (Å²) in [5.74, 6) is 0.231. The minimum Gasteiger partial charge on any atom is -0.495 e. The van der Waals surface area contributed by atoms with Gasteiger partial charge in [-0.15, -0.1) is 0 Å². The fraction of sp³-hybridized carbons (Fsp3) is 0.500. The van der Waals surface area contributed by atoms with Crippen LogP contribution in [0.2, 0.25) is 0 Å². The summed E-state index contributed by atoms with van der Waals surface area (Å²) in [5, 5.41) is -0.279. The number of methoxy groups -OCH3 is 1. The Balaban J connectivity index is 3.09.